The van der Waals surface area contributed by atoms with Crippen LogP contribution in [0.2, 0.25) is 10.0 Å². The fraction of sp³-hybridized carbons (Fsp3) is 0.143. The average molecular weight is 300 g/mol. The zero-order valence-corrected chi connectivity index (χ0v) is 11.7. The van der Waals surface area contributed by atoms with E-state index < -0.39 is 11.9 Å². The second-order valence-electron chi connectivity index (χ2n) is 4.03. The maximum Gasteiger partial charge on any atom is 0.128 e. The van der Waals surface area contributed by atoms with E-state index >= 15 is 0 Å². The molecular weight excluding hydrogens is 288 g/mol. The summed E-state index contributed by atoms with van der Waals surface area (Å²) in [7, 11) is 1.54. The predicted molar refractivity (Wildman–Crippen MR) is 75.4 cm³/mol. The Bertz CT molecular complexity index is 604. The number of benzene rings is 2. The highest BCUT2D eigenvalue weighted by Crippen LogP contribution is 2.31. The van der Waals surface area contributed by atoms with Gasteiger partial charge in [0.15, 0.2) is 0 Å². The standard InChI is InChI=1S/C14H12Cl2FNO/c1-19-9-3-4-10(12(16)7-9)14(18)11-6-8(15)2-5-13(11)17/h2-7,14H,18H2,1H3. The molecule has 19 heavy (non-hydrogen) atoms. The first kappa shape index (κ1) is 14.1. The lowest BCUT2D eigenvalue weighted by atomic mass is 9.99. The summed E-state index contributed by atoms with van der Waals surface area (Å²) >= 11 is 12.0. The van der Waals surface area contributed by atoms with Crippen molar-refractivity contribution in [3.63, 3.8) is 0 Å². The monoisotopic (exact) mass is 299 g/mol. The van der Waals surface area contributed by atoms with E-state index in [0.717, 1.165) is 0 Å². The highest BCUT2D eigenvalue weighted by atomic mass is 35.5. The molecule has 100 valence electrons. The lowest BCUT2D eigenvalue weighted by molar-refractivity contribution is 0.414. The zero-order valence-electron chi connectivity index (χ0n) is 10.2. The van der Waals surface area contributed by atoms with Gasteiger partial charge in [-0.3, -0.25) is 0 Å². The molecule has 0 radical (unpaired) electrons. The van der Waals surface area contributed by atoms with Crippen molar-refractivity contribution in [1.82, 2.24) is 0 Å². The Labute approximate surface area is 120 Å². The number of ether oxygens (including phenoxy) is 1. The first-order valence-electron chi connectivity index (χ1n) is 5.57. The minimum Gasteiger partial charge on any atom is -0.497 e. The quantitative estimate of drug-likeness (QED) is 0.922. The third-order valence-electron chi connectivity index (χ3n) is 2.84. The Hall–Kier alpha value is -1.29. The first-order valence-corrected chi connectivity index (χ1v) is 6.32. The van der Waals surface area contributed by atoms with Gasteiger partial charge >= 0.3 is 0 Å². The molecule has 0 spiro atoms. The minimum atomic E-state index is -0.683. The highest BCUT2D eigenvalue weighted by molar-refractivity contribution is 6.31. The van der Waals surface area contributed by atoms with Crippen LogP contribution in [-0.4, -0.2) is 7.11 Å². The lowest BCUT2D eigenvalue weighted by Gasteiger charge is -2.16. The molecule has 2 aromatic carbocycles. The number of methoxy groups -OCH3 is 1. The maximum atomic E-state index is 13.8. The molecule has 0 bridgehead atoms. The van der Waals surface area contributed by atoms with E-state index in [0.29, 0.717) is 26.9 Å². The van der Waals surface area contributed by atoms with Crippen LogP contribution in [0.15, 0.2) is 36.4 Å². The van der Waals surface area contributed by atoms with E-state index in [2.05, 4.69) is 0 Å². The molecule has 0 heterocycles. The summed E-state index contributed by atoms with van der Waals surface area (Å²) < 4.78 is 18.8. The molecule has 0 aromatic heterocycles. The zero-order chi connectivity index (χ0) is 14.0. The molecule has 5 heteroatoms. The Morgan fingerprint density at radius 2 is 1.84 bits per heavy atom. The van der Waals surface area contributed by atoms with Crippen LogP contribution in [0.5, 0.6) is 5.75 Å². The van der Waals surface area contributed by atoms with Crippen molar-refractivity contribution in [2.24, 2.45) is 5.73 Å². The summed E-state index contributed by atoms with van der Waals surface area (Å²) in [5, 5.41) is 0.850. The summed E-state index contributed by atoms with van der Waals surface area (Å²) in [5.74, 6) is 0.205. The highest BCUT2D eigenvalue weighted by Gasteiger charge is 2.17. The summed E-state index contributed by atoms with van der Waals surface area (Å²) in [4.78, 5) is 0. The van der Waals surface area contributed by atoms with Crippen molar-refractivity contribution in [1.29, 1.82) is 0 Å². The largest absolute Gasteiger partial charge is 0.497 e. The first-order chi connectivity index (χ1) is 9.02. The number of hydrogen-bond donors (Lipinski definition) is 1. The molecular formula is C14H12Cl2FNO. The van der Waals surface area contributed by atoms with Crippen LogP contribution >= 0.6 is 23.2 Å². The Morgan fingerprint density at radius 1 is 1.11 bits per heavy atom. The number of halogens is 3. The molecule has 0 aliphatic carbocycles. The summed E-state index contributed by atoms with van der Waals surface area (Å²) in [5.41, 5.74) is 6.97. The normalized spacial score (nSPS) is 12.3. The van der Waals surface area contributed by atoms with Gasteiger partial charge in [-0.2, -0.15) is 0 Å². The number of nitrogens with two attached hydrogens (primary N) is 1. The molecule has 0 saturated heterocycles. The predicted octanol–water partition coefficient (Wildman–Crippen LogP) is 4.19. The van der Waals surface area contributed by atoms with Gasteiger partial charge in [-0.15, -0.1) is 0 Å². The van der Waals surface area contributed by atoms with Crippen molar-refractivity contribution < 1.29 is 9.13 Å². The second-order valence-corrected chi connectivity index (χ2v) is 4.87. The fourth-order valence-electron chi connectivity index (χ4n) is 1.81. The second kappa shape index (κ2) is 5.78. The van der Waals surface area contributed by atoms with Gasteiger partial charge in [0.25, 0.3) is 0 Å². The maximum absolute atomic E-state index is 13.8. The summed E-state index contributed by atoms with van der Waals surface area (Å²) in [6, 6.07) is 8.66. The number of hydrogen-bond acceptors (Lipinski definition) is 2. The van der Waals surface area contributed by atoms with E-state index in [1.807, 2.05) is 0 Å². The summed E-state index contributed by atoms with van der Waals surface area (Å²) in [6.07, 6.45) is 0. The fourth-order valence-corrected chi connectivity index (χ4v) is 2.28. The number of rotatable bonds is 3. The Balaban J connectivity index is 2.43. The molecule has 0 aliphatic rings. The van der Waals surface area contributed by atoms with Crippen LogP contribution in [-0.2, 0) is 0 Å². The van der Waals surface area contributed by atoms with Gasteiger partial charge in [-0.1, -0.05) is 29.3 Å². The van der Waals surface area contributed by atoms with Crippen molar-refractivity contribution in [3.8, 4) is 5.75 Å². The van der Waals surface area contributed by atoms with Gasteiger partial charge in [-0.05, 0) is 35.9 Å². The van der Waals surface area contributed by atoms with Crippen molar-refractivity contribution >= 4 is 23.2 Å². The molecule has 1 atom stereocenters. The van der Waals surface area contributed by atoms with Gasteiger partial charge in [0.1, 0.15) is 11.6 Å². The van der Waals surface area contributed by atoms with E-state index in [4.69, 9.17) is 33.7 Å². The Kier molecular flexibility index (Phi) is 4.30. The van der Waals surface area contributed by atoms with Gasteiger partial charge in [0, 0.05) is 15.6 Å². The van der Waals surface area contributed by atoms with Gasteiger partial charge in [-0.25, -0.2) is 4.39 Å². The lowest BCUT2D eigenvalue weighted by Crippen LogP contribution is -2.14. The molecule has 1 unspecified atom stereocenters. The SMILES string of the molecule is COc1ccc(C(N)c2cc(Cl)ccc2F)c(Cl)c1. The van der Waals surface area contributed by atoms with Gasteiger partial charge in [0.05, 0.1) is 13.2 Å². The molecule has 2 N–H and O–H groups in total. The minimum absolute atomic E-state index is 0.305. The molecule has 2 nitrogen and oxygen atoms in total. The van der Waals surface area contributed by atoms with Crippen LogP contribution < -0.4 is 10.5 Å². The molecule has 2 rings (SSSR count). The third-order valence-corrected chi connectivity index (χ3v) is 3.40. The van der Waals surface area contributed by atoms with E-state index in [1.54, 1.807) is 25.3 Å². The van der Waals surface area contributed by atoms with E-state index in [1.165, 1.54) is 18.2 Å². The van der Waals surface area contributed by atoms with Crippen LogP contribution in [0.25, 0.3) is 0 Å². The third kappa shape index (κ3) is 3.00. The van der Waals surface area contributed by atoms with Gasteiger partial charge in [0.2, 0.25) is 0 Å². The molecule has 2 aromatic rings. The summed E-state index contributed by atoms with van der Waals surface area (Å²) in [6.45, 7) is 0. The van der Waals surface area contributed by atoms with Crippen molar-refractivity contribution in [3.05, 3.63) is 63.4 Å². The van der Waals surface area contributed by atoms with Crippen LogP contribution in [0, 0.1) is 5.82 Å². The van der Waals surface area contributed by atoms with Gasteiger partial charge < -0.3 is 10.5 Å². The van der Waals surface area contributed by atoms with Crippen LogP contribution in [0.4, 0.5) is 4.39 Å². The topological polar surface area (TPSA) is 35.2 Å². The smallest absolute Gasteiger partial charge is 0.128 e. The van der Waals surface area contributed by atoms with E-state index in [9.17, 15) is 4.39 Å². The van der Waals surface area contributed by atoms with Crippen LogP contribution in [0.1, 0.15) is 17.2 Å². The van der Waals surface area contributed by atoms with Crippen LogP contribution in [0.3, 0.4) is 0 Å². The molecule has 0 fully saturated rings. The molecule has 0 amide bonds. The average Bonchev–Trinajstić information content (AvgIpc) is 2.40. The molecule has 0 saturated carbocycles. The Morgan fingerprint density at radius 3 is 2.47 bits per heavy atom. The molecule has 0 aliphatic heterocycles. The van der Waals surface area contributed by atoms with E-state index in [-0.39, 0.29) is 0 Å². The van der Waals surface area contributed by atoms with Crippen molar-refractivity contribution in [2.45, 2.75) is 6.04 Å². The van der Waals surface area contributed by atoms with Crippen molar-refractivity contribution in [2.75, 3.05) is 7.11 Å².